The summed E-state index contributed by atoms with van der Waals surface area (Å²) in [4.78, 5) is 11.9. The molecule has 5 nitrogen and oxygen atoms in total. The summed E-state index contributed by atoms with van der Waals surface area (Å²) < 4.78 is 15.5. The van der Waals surface area contributed by atoms with Crippen molar-refractivity contribution in [2.24, 2.45) is 5.92 Å². The molecular formula is C14H21NO4. The largest absolute Gasteiger partial charge is 0.496 e. The van der Waals surface area contributed by atoms with E-state index in [1.165, 1.54) is 13.2 Å². The Labute approximate surface area is 113 Å². The second-order valence-electron chi connectivity index (χ2n) is 4.56. The smallest absolute Gasteiger partial charge is 0.342 e. The van der Waals surface area contributed by atoms with Crippen LogP contribution in [0.25, 0.3) is 0 Å². The van der Waals surface area contributed by atoms with Crippen molar-refractivity contribution in [2.45, 2.75) is 13.8 Å². The van der Waals surface area contributed by atoms with Crippen LogP contribution in [-0.4, -0.2) is 32.9 Å². The quantitative estimate of drug-likeness (QED) is 0.465. The zero-order valence-electron chi connectivity index (χ0n) is 11.6. The molecule has 1 aromatic rings. The minimum absolute atomic E-state index is 0.212. The molecule has 0 aliphatic heterocycles. The third kappa shape index (κ3) is 5.18. The minimum Gasteiger partial charge on any atom is -0.496 e. The highest BCUT2D eigenvalue weighted by Gasteiger charge is 2.13. The second kappa shape index (κ2) is 7.63. The molecule has 106 valence electrons. The van der Waals surface area contributed by atoms with E-state index in [2.05, 4.69) is 13.8 Å². The van der Waals surface area contributed by atoms with Crippen LogP contribution in [0.4, 0.5) is 5.69 Å². The zero-order valence-corrected chi connectivity index (χ0v) is 11.6. The topological polar surface area (TPSA) is 70.8 Å². The summed E-state index contributed by atoms with van der Waals surface area (Å²) in [6.45, 7) is 5.37. The first kappa shape index (κ1) is 15.3. The van der Waals surface area contributed by atoms with Crippen molar-refractivity contribution in [3.63, 3.8) is 0 Å². The maximum absolute atomic E-state index is 11.9. The Morgan fingerprint density at radius 2 is 2.05 bits per heavy atom. The highest BCUT2D eigenvalue weighted by Crippen LogP contribution is 2.21. The summed E-state index contributed by atoms with van der Waals surface area (Å²) in [5.41, 5.74) is 6.46. The number of methoxy groups -OCH3 is 1. The molecule has 1 aromatic carbocycles. The monoisotopic (exact) mass is 267 g/mol. The molecule has 0 aliphatic carbocycles. The summed E-state index contributed by atoms with van der Waals surface area (Å²) in [6, 6.07) is 4.85. The fraction of sp³-hybridized carbons (Fsp3) is 0.500. The fourth-order valence-electron chi connectivity index (χ4n) is 1.48. The van der Waals surface area contributed by atoms with Crippen LogP contribution in [0.5, 0.6) is 5.75 Å². The third-order valence-electron chi connectivity index (χ3n) is 2.36. The maximum atomic E-state index is 11.9. The summed E-state index contributed by atoms with van der Waals surface area (Å²) in [6.07, 6.45) is 0. The molecule has 0 aromatic heterocycles. The molecule has 0 bridgehead atoms. The number of anilines is 1. The van der Waals surface area contributed by atoms with Gasteiger partial charge in [-0.3, -0.25) is 0 Å². The van der Waals surface area contributed by atoms with Crippen LogP contribution in [0.15, 0.2) is 18.2 Å². The van der Waals surface area contributed by atoms with E-state index in [-0.39, 0.29) is 6.61 Å². The number of hydrogen-bond donors (Lipinski definition) is 1. The van der Waals surface area contributed by atoms with Crippen LogP contribution in [0.1, 0.15) is 24.2 Å². The molecule has 5 heteroatoms. The van der Waals surface area contributed by atoms with Crippen molar-refractivity contribution in [3.8, 4) is 5.75 Å². The number of hydrogen-bond acceptors (Lipinski definition) is 5. The Morgan fingerprint density at radius 1 is 1.32 bits per heavy atom. The average Bonchev–Trinajstić information content (AvgIpc) is 2.37. The molecule has 0 amide bonds. The first-order valence-electron chi connectivity index (χ1n) is 6.23. The summed E-state index contributed by atoms with van der Waals surface area (Å²) in [7, 11) is 1.49. The van der Waals surface area contributed by atoms with Crippen LogP contribution < -0.4 is 10.5 Å². The lowest BCUT2D eigenvalue weighted by atomic mass is 10.2. The lowest BCUT2D eigenvalue weighted by molar-refractivity contribution is 0.0275. The number of nitrogen functional groups attached to an aromatic ring is 1. The van der Waals surface area contributed by atoms with Gasteiger partial charge in [0.15, 0.2) is 0 Å². The van der Waals surface area contributed by atoms with Crippen molar-refractivity contribution in [2.75, 3.05) is 32.7 Å². The Kier molecular flexibility index (Phi) is 6.15. The normalized spacial score (nSPS) is 10.5. The van der Waals surface area contributed by atoms with E-state index in [4.69, 9.17) is 19.9 Å². The van der Waals surface area contributed by atoms with Crippen molar-refractivity contribution in [1.29, 1.82) is 0 Å². The molecule has 0 atom stereocenters. The average molecular weight is 267 g/mol. The molecule has 0 heterocycles. The molecule has 2 N–H and O–H groups in total. The van der Waals surface area contributed by atoms with Crippen molar-refractivity contribution in [3.05, 3.63) is 23.8 Å². The third-order valence-corrected chi connectivity index (χ3v) is 2.36. The number of benzene rings is 1. The Hall–Kier alpha value is -1.75. The van der Waals surface area contributed by atoms with Crippen LogP contribution >= 0.6 is 0 Å². The van der Waals surface area contributed by atoms with Gasteiger partial charge in [-0.1, -0.05) is 13.8 Å². The first-order valence-corrected chi connectivity index (χ1v) is 6.23. The minimum atomic E-state index is -0.461. The van der Waals surface area contributed by atoms with E-state index < -0.39 is 5.97 Å². The van der Waals surface area contributed by atoms with E-state index in [0.717, 1.165) is 0 Å². The second-order valence-corrected chi connectivity index (χ2v) is 4.56. The van der Waals surface area contributed by atoms with Gasteiger partial charge in [-0.25, -0.2) is 4.79 Å². The molecular weight excluding hydrogens is 246 g/mol. The van der Waals surface area contributed by atoms with Gasteiger partial charge in [0.05, 0.1) is 13.7 Å². The van der Waals surface area contributed by atoms with E-state index in [1.54, 1.807) is 12.1 Å². The Balaban J connectivity index is 2.47. The number of carbonyl (C=O) groups excluding carboxylic acids is 1. The number of ether oxygens (including phenoxy) is 3. The molecule has 0 saturated carbocycles. The highest BCUT2D eigenvalue weighted by atomic mass is 16.6. The maximum Gasteiger partial charge on any atom is 0.342 e. The number of nitrogens with two attached hydrogens (primary N) is 1. The first-order chi connectivity index (χ1) is 9.04. The molecule has 0 radical (unpaired) electrons. The molecule has 0 unspecified atom stereocenters. The highest BCUT2D eigenvalue weighted by molar-refractivity contribution is 5.93. The standard InChI is InChI=1S/C14H21NO4/c1-10(2)9-18-6-7-19-14(16)12-8-11(15)4-5-13(12)17-3/h4-5,8,10H,6-7,9,15H2,1-3H3. The Morgan fingerprint density at radius 3 is 2.68 bits per heavy atom. The summed E-state index contributed by atoms with van der Waals surface area (Å²) >= 11 is 0. The van der Waals surface area contributed by atoms with Crippen molar-refractivity contribution >= 4 is 11.7 Å². The molecule has 0 aliphatic rings. The van der Waals surface area contributed by atoms with E-state index in [0.29, 0.717) is 36.1 Å². The molecule has 0 fully saturated rings. The van der Waals surface area contributed by atoms with Crippen molar-refractivity contribution in [1.82, 2.24) is 0 Å². The van der Waals surface area contributed by atoms with Crippen LogP contribution in [0, 0.1) is 5.92 Å². The molecule has 0 saturated heterocycles. The van der Waals surface area contributed by atoms with Crippen molar-refractivity contribution < 1.29 is 19.0 Å². The van der Waals surface area contributed by atoms with Gasteiger partial charge in [-0.15, -0.1) is 0 Å². The van der Waals surface area contributed by atoms with E-state index >= 15 is 0 Å². The number of esters is 1. The summed E-state index contributed by atoms with van der Waals surface area (Å²) in [5, 5.41) is 0. The lowest BCUT2D eigenvalue weighted by Gasteiger charge is -2.10. The number of carbonyl (C=O) groups is 1. The van der Waals surface area contributed by atoms with Crippen LogP contribution in [0.3, 0.4) is 0 Å². The molecule has 19 heavy (non-hydrogen) atoms. The van der Waals surface area contributed by atoms with E-state index in [9.17, 15) is 4.79 Å². The lowest BCUT2D eigenvalue weighted by Crippen LogP contribution is -2.13. The summed E-state index contributed by atoms with van der Waals surface area (Å²) in [5.74, 6) is 0.448. The number of rotatable bonds is 7. The Bertz CT molecular complexity index is 418. The van der Waals surface area contributed by atoms with Gasteiger partial charge in [0.25, 0.3) is 0 Å². The predicted octanol–water partition coefficient (Wildman–Crippen LogP) is 2.11. The molecule has 0 spiro atoms. The van der Waals surface area contributed by atoms with Gasteiger partial charge in [-0.2, -0.15) is 0 Å². The zero-order chi connectivity index (χ0) is 14.3. The fourth-order valence-corrected chi connectivity index (χ4v) is 1.48. The van der Waals surface area contributed by atoms with E-state index in [1.807, 2.05) is 0 Å². The van der Waals surface area contributed by atoms with Gasteiger partial charge >= 0.3 is 5.97 Å². The van der Waals surface area contributed by atoms with Gasteiger partial charge in [0, 0.05) is 12.3 Å². The predicted molar refractivity (Wildman–Crippen MR) is 73.3 cm³/mol. The van der Waals surface area contributed by atoms with Crippen LogP contribution in [-0.2, 0) is 9.47 Å². The van der Waals surface area contributed by atoms with Gasteiger partial charge in [0.1, 0.15) is 17.9 Å². The SMILES string of the molecule is COc1ccc(N)cc1C(=O)OCCOCC(C)C. The van der Waals surface area contributed by atoms with Crippen LogP contribution in [0.2, 0.25) is 0 Å². The van der Waals surface area contributed by atoms with Gasteiger partial charge < -0.3 is 19.9 Å². The molecule has 1 rings (SSSR count). The van der Waals surface area contributed by atoms with Gasteiger partial charge in [-0.05, 0) is 24.1 Å². The van der Waals surface area contributed by atoms with Gasteiger partial charge in [0.2, 0.25) is 0 Å².